The Labute approximate surface area is 81.4 Å². The van der Waals surface area contributed by atoms with Gasteiger partial charge in [0.15, 0.2) is 0 Å². The van der Waals surface area contributed by atoms with Gasteiger partial charge in [0, 0.05) is 26.4 Å². The summed E-state index contributed by atoms with van der Waals surface area (Å²) in [4.78, 5) is 35.3. The third kappa shape index (κ3) is 1.12. The summed E-state index contributed by atoms with van der Waals surface area (Å²) >= 11 is 0. The highest BCUT2D eigenvalue weighted by atomic mass is 16.2. The van der Waals surface area contributed by atoms with E-state index in [4.69, 9.17) is 0 Å². The van der Waals surface area contributed by atoms with Gasteiger partial charge in [-0.3, -0.25) is 19.3 Å². The number of carbonyl (C=O) groups is 3. The van der Waals surface area contributed by atoms with E-state index in [9.17, 15) is 14.4 Å². The van der Waals surface area contributed by atoms with Crippen LogP contribution in [0.15, 0.2) is 0 Å². The average Bonchev–Trinajstić information content (AvgIpc) is 2.53. The van der Waals surface area contributed by atoms with Crippen LogP contribution < -0.4 is 5.32 Å². The van der Waals surface area contributed by atoms with E-state index in [-0.39, 0.29) is 24.1 Å². The number of nitrogens with zero attached hydrogens (tertiary/aromatic N) is 1. The minimum Gasteiger partial charge on any atom is -0.355 e. The summed E-state index contributed by atoms with van der Waals surface area (Å²) < 4.78 is 0. The highest BCUT2D eigenvalue weighted by Gasteiger charge is 2.50. The predicted molar refractivity (Wildman–Crippen MR) is 47.1 cm³/mol. The van der Waals surface area contributed by atoms with Crippen LogP contribution in [0.1, 0.15) is 19.3 Å². The van der Waals surface area contributed by atoms with E-state index >= 15 is 0 Å². The van der Waals surface area contributed by atoms with Gasteiger partial charge >= 0.3 is 0 Å². The zero-order valence-corrected chi connectivity index (χ0v) is 8.00. The molecule has 1 N–H and O–H groups in total. The fourth-order valence-corrected chi connectivity index (χ4v) is 2.12. The van der Waals surface area contributed by atoms with Crippen molar-refractivity contribution in [2.75, 3.05) is 13.6 Å². The van der Waals surface area contributed by atoms with Crippen LogP contribution in [0.5, 0.6) is 0 Å². The summed E-state index contributed by atoms with van der Waals surface area (Å²) in [7, 11) is 1.48. The molecular formula is C9H12N2O3. The van der Waals surface area contributed by atoms with Crippen LogP contribution in [0.4, 0.5) is 0 Å². The van der Waals surface area contributed by atoms with Gasteiger partial charge in [-0.1, -0.05) is 0 Å². The van der Waals surface area contributed by atoms with E-state index in [1.54, 1.807) is 0 Å². The Morgan fingerprint density at radius 3 is 2.64 bits per heavy atom. The van der Waals surface area contributed by atoms with Crippen molar-refractivity contribution < 1.29 is 14.4 Å². The number of imide groups is 1. The average molecular weight is 196 g/mol. The van der Waals surface area contributed by atoms with E-state index in [0.717, 1.165) is 4.90 Å². The van der Waals surface area contributed by atoms with Crippen molar-refractivity contribution in [2.24, 2.45) is 5.41 Å². The van der Waals surface area contributed by atoms with Crippen molar-refractivity contribution >= 4 is 17.7 Å². The SMILES string of the molecule is CN1C(=O)CCC2(CNC(=O)C2)C1=O. The molecular weight excluding hydrogens is 184 g/mol. The van der Waals surface area contributed by atoms with Gasteiger partial charge in [-0.15, -0.1) is 0 Å². The third-order valence-corrected chi connectivity index (χ3v) is 3.07. The molecule has 0 aromatic heterocycles. The Morgan fingerprint density at radius 2 is 2.07 bits per heavy atom. The molecule has 0 bridgehead atoms. The molecule has 0 aromatic rings. The van der Waals surface area contributed by atoms with Crippen LogP contribution >= 0.6 is 0 Å². The summed E-state index contributed by atoms with van der Waals surface area (Å²) in [5.74, 6) is -0.465. The van der Waals surface area contributed by atoms with Gasteiger partial charge in [0.25, 0.3) is 0 Å². The maximum atomic E-state index is 11.8. The molecule has 0 aromatic carbocycles. The maximum Gasteiger partial charge on any atom is 0.237 e. The summed E-state index contributed by atoms with van der Waals surface area (Å²) in [6.07, 6.45) is 1.08. The molecule has 2 fully saturated rings. The molecule has 1 unspecified atom stereocenters. The minimum atomic E-state index is -0.639. The molecule has 0 saturated carbocycles. The molecule has 5 nitrogen and oxygen atoms in total. The lowest BCUT2D eigenvalue weighted by atomic mass is 9.78. The molecule has 0 radical (unpaired) electrons. The van der Waals surface area contributed by atoms with Gasteiger partial charge in [0.05, 0.1) is 5.41 Å². The molecule has 3 amide bonds. The van der Waals surface area contributed by atoms with Crippen molar-refractivity contribution in [3.63, 3.8) is 0 Å². The number of hydrogen-bond donors (Lipinski definition) is 1. The third-order valence-electron chi connectivity index (χ3n) is 3.07. The van der Waals surface area contributed by atoms with Gasteiger partial charge in [0.2, 0.25) is 17.7 Å². The molecule has 2 heterocycles. The molecule has 2 aliphatic rings. The zero-order chi connectivity index (χ0) is 10.3. The number of rotatable bonds is 0. The number of carbonyl (C=O) groups excluding carboxylic acids is 3. The first-order chi connectivity index (χ1) is 6.55. The van der Waals surface area contributed by atoms with Gasteiger partial charge in [-0.25, -0.2) is 0 Å². The van der Waals surface area contributed by atoms with Crippen LogP contribution in [-0.4, -0.2) is 36.2 Å². The first-order valence-corrected chi connectivity index (χ1v) is 4.63. The lowest BCUT2D eigenvalue weighted by Crippen LogP contribution is -2.50. The Hall–Kier alpha value is -1.39. The second-order valence-corrected chi connectivity index (χ2v) is 3.99. The highest BCUT2D eigenvalue weighted by molar-refractivity contribution is 6.03. The van der Waals surface area contributed by atoms with E-state index in [1.807, 2.05) is 0 Å². The largest absolute Gasteiger partial charge is 0.355 e. The topological polar surface area (TPSA) is 66.5 Å². The smallest absolute Gasteiger partial charge is 0.237 e. The fraction of sp³-hybridized carbons (Fsp3) is 0.667. The number of likely N-dealkylation sites (tertiary alicyclic amines) is 1. The number of nitrogens with one attached hydrogen (secondary N) is 1. The molecule has 2 aliphatic heterocycles. The van der Waals surface area contributed by atoms with E-state index in [2.05, 4.69) is 5.32 Å². The molecule has 1 spiro atoms. The lowest BCUT2D eigenvalue weighted by Gasteiger charge is -2.34. The Kier molecular flexibility index (Phi) is 1.83. The molecule has 2 rings (SSSR count). The first kappa shape index (κ1) is 9.18. The fourth-order valence-electron chi connectivity index (χ4n) is 2.12. The van der Waals surface area contributed by atoms with Crippen molar-refractivity contribution in [3.05, 3.63) is 0 Å². The van der Waals surface area contributed by atoms with E-state index < -0.39 is 5.41 Å². The van der Waals surface area contributed by atoms with Gasteiger partial charge in [-0.05, 0) is 6.42 Å². The quantitative estimate of drug-likeness (QED) is 0.519. The molecule has 1 atom stereocenters. The zero-order valence-electron chi connectivity index (χ0n) is 8.00. The van der Waals surface area contributed by atoms with Crippen LogP contribution in [0, 0.1) is 5.41 Å². The molecule has 5 heteroatoms. The summed E-state index contributed by atoms with van der Waals surface area (Å²) in [5, 5.41) is 2.65. The molecule has 2 saturated heterocycles. The highest BCUT2D eigenvalue weighted by Crippen LogP contribution is 2.36. The number of hydrogen-bond acceptors (Lipinski definition) is 3. The summed E-state index contributed by atoms with van der Waals surface area (Å²) in [6, 6.07) is 0. The summed E-state index contributed by atoms with van der Waals surface area (Å²) in [6.45, 7) is 0.377. The van der Waals surface area contributed by atoms with Crippen molar-refractivity contribution in [1.29, 1.82) is 0 Å². The predicted octanol–water partition coefficient (Wildman–Crippen LogP) is -0.729. The van der Waals surface area contributed by atoms with Gasteiger partial charge in [-0.2, -0.15) is 0 Å². The molecule has 76 valence electrons. The second kappa shape index (κ2) is 2.80. The van der Waals surface area contributed by atoms with Crippen LogP contribution in [0.25, 0.3) is 0 Å². The number of piperidine rings is 1. The first-order valence-electron chi connectivity index (χ1n) is 4.63. The Balaban J connectivity index is 2.25. The van der Waals surface area contributed by atoms with Crippen molar-refractivity contribution in [3.8, 4) is 0 Å². The molecule has 14 heavy (non-hydrogen) atoms. The Morgan fingerprint density at radius 1 is 1.36 bits per heavy atom. The normalized spacial score (nSPS) is 32.6. The minimum absolute atomic E-state index is 0.0962. The van der Waals surface area contributed by atoms with Gasteiger partial charge in [0.1, 0.15) is 0 Å². The van der Waals surface area contributed by atoms with Crippen LogP contribution in [0.2, 0.25) is 0 Å². The second-order valence-electron chi connectivity index (χ2n) is 3.99. The van der Waals surface area contributed by atoms with Crippen LogP contribution in [-0.2, 0) is 14.4 Å². The lowest BCUT2D eigenvalue weighted by molar-refractivity contribution is -0.155. The summed E-state index contributed by atoms with van der Waals surface area (Å²) in [5.41, 5.74) is -0.639. The maximum absolute atomic E-state index is 11.8. The number of amides is 3. The van der Waals surface area contributed by atoms with E-state index in [1.165, 1.54) is 7.05 Å². The van der Waals surface area contributed by atoms with Gasteiger partial charge < -0.3 is 5.32 Å². The molecule has 0 aliphatic carbocycles. The Bertz CT molecular complexity index is 326. The standard InChI is InChI=1S/C9H12N2O3/c1-11-7(13)2-3-9(8(11)14)4-6(12)10-5-9/h2-5H2,1H3,(H,10,12). The van der Waals surface area contributed by atoms with Crippen molar-refractivity contribution in [1.82, 2.24) is 10.2 Å². The monoisotopic (exact) mass is 196 g/mol. The van der Waals surface area contributed by atoms with Crippen LogP contribution in [0.3, 0.4) is 0 Å². The van der Waals surface area contributed by atoms with Crippen molar-refractivity contribution in [2.45, 2.75) is 19.3 Å². The van der Waals surface area contributed by atoms with E-state index in [0.29, 0.717) is 19.4 Å².